The Morgan fingerprint density at radius 3 is 2.50 bits per heavy atom. The monoisotopic (exact) mass is 295 g/mol. The van der Waals surface area contributed by atoms with Crippen LogP contribution in [0.4, 0.5) is 0 Å². The van der Waals surface area contributed by atoms with Crippen molar-refractivity contribution in [3.05, 3.63) is 34.9 Å². The minimum atomic E-state index is 0.272. The maximum atomic E-state index is 8.91. The lowest BCUT2D eigenvalue weighted by atomic mass is 9.75. The highest BCUT2D eigenvalue weighted by Crippen LogP contribution is 2.37. The van der Waals surface area contributed by atoms with Crippen LogP contribution in [0.3, 0.4) is 0 Å². The van der Waals surface area contributed by atoms with Crippen molar-refractivity contribution in [2.75, 3.05) is 13.2 Å². The van der Waals surface area contributed by atoms with Gasteiger partial charge in [-0.3, -0.25) is 0 Å². The van der Waals surface area contributed by atoms with Gasteiger partial charge in [0.1, 0.15) is 0 Å². The summed E-state index contributed by atoms with van der Waals surface area (Å²) in [5, 5.41) is 13.4. The molecule has 1 aliphatic rings. The van der Waals surface area contributed by atoms with E-state index in [1.165, 1.54) is 18.4 Å². The van der Waals surface area contributed by atoms with Crippen LogP contribution in [0.5, 0.6) is 0 Å². The summed E-state index contributed by atoms with van der Waals surface area (Å²) in [6.45, 7) is 5.87. The minimum absolute atomic E-state index is 0.272. The molecular weight excluding hydrogens is 270 g/mol. The van der Waals surface area contributed by atoms with E-state index in [0.717, 1.165) is 24.4 Å². The molecule has 2 N–H and O–H groups in total. The molecule has 2 rings (SSSR count). The Morgan fingerprint density at radius 2 is 1.90 bits per heavy atom. The molecule has 0 bridgehead atoms. The number of rotatable bonds is 7. The lowest BCUT2D eigenvalue weighted by Gasteiger charge is -2.38. The van der Waals surface area contributed by atoms with Crippen molar-refractivity contribution in [3.8, 4) is 0 Å². The predicted octanol–water partition coefficient (Wildman–Crippen LogP) is 3.97. The maximum absolute atomic E-state index is 8.91. The molecule has 0 amide bonds. The lowest BCUT2D eigenvalue weighted by Crippen LogP contribution is -2.44. The minimum Gasteiger partial charge on any atom is -0.396 e. The summed E-state index contributed by atoms with van der Waals surface area (Å²) >= 11 is 5.92. The molecule has 0 radical (unpaired) electrons. The van der Waals surface area contributed by atoms with E-state index >= 15 is 0 Å². The van der Waals surface area contributed by atoms with E-state index in [9.17, 15) is 0 Å². The molecule has 0 saturated heterocycles. The van der Waals surface area contributed by atoms with Gasteiger partial charge in [0, 0.05) is 24.2 Å². The van der Waals surface area contributed by atoms with Crippen LogP contribution in [-0.2, 0) is 0 Å². The maximum Gasteiger partial charge on any atom is 0.0431 e. The van der Waals surface area contributed by atoms with Gasteiger partial charge in [-0.25, -0.2) is 0 Å². The SMILES string of the molecule is CC(C)(CCCO)CNC1CC(c2ccc(Cl)cc2)C1. The number of nitrogens with one attached hydrogen (secondary N) is 1. The van der Waals surface area contributed by atoms with Crippen LogP contribution in [0.25, 0.3) is 0 Å². The summed E-state index contributed by atoms with van der Waals surface area (Å²) in [5.74, 6) is 0.685. The number of hydrogen-bond donors (Lipinski definition) is 2. The highest BCUT2D eigenvalue weighted by Gasteiger charge is 2.31. The lowest BCUT2D eigenvalue weighted by molar-refractivity contribution is 0.210. The normalized spacial score (nSPS) is 22.6. The van der Waals surface area contributed by atoms with Crippen LogP contribution in [-0.4, -0.2) is 24.3 Å². The second-order valence-corrected chi connectivity index (χ2v) is 7.23. The quantitative estimate of drug-likeness (QED) is 0.797. The Bertz CT molecular complexity index is 410. The molecule has 0 spiro atoms. The fraction of sp³-hybridized carbons (Fsp3) is 0.647. The van der Waals surface area contributed by atoms with E-state index in [-0.39, 0.29) is 5.41 Å². The van der Waals surface area contributed by atoms with Crippen molar-refractivity contribution >= 4 is 11.6 Å². The second kappa shape index (κ2) is 6.93. The molecule has 1 aromatic carbocycles. The molecule has 3 heteroatoms. The number of halogens is 1. The Kier molecular flexibility index (Phi) is 5.48. The molecule has 112 valence electrons. The molecule has 0 heterocycles. The summed E-state index contributed by atoms with van der Waals surface area (Å²) in [7, 11) is 0. The summed E-state index contributed by atoms with van der Waals surface area (Å²) in [6, 6.07) is 8.90. The number of hydrogen-bond acceptors (Lipinski definition) is 2. The molecule has 0 unspecified atom stereocenters. The standard InChI is InChI=1S/C17H26ClNO/c1-17(2,8-3-9-20)12-19-16-10-14(11-16)13-4-6-15(18)7-5-13/h4-7,14,16,19-20H,3,8-12H2,1-2H3. The average Bonchev–Trinajstić information content (AvgIpc) is 2.36. The summed E-state index contributed by atoms with van der Waals surface area (Å²) in [5.41, 5.74) is 1.68. The Labute approximate surface area is 127 Å². The highest BCUT2D eigenvalue weighted by atomic mass is 35.5. The molecular formula is C17H26ClNO. The zero-order valence-corrected chi connectivity index (χ0v) is 13.3. The van der Waals surface area contributed by atoms with Crippen LogP contribution in [0.15, 0.2) is 24.3 Å². The molecule has 0 atom stereocenters. The smallest absolute Gasteiger partial charge is 0.0431 e. The third-order valence-electron chi connectivity index (χ3n) is 4.36. The average molecular weight is 296 g/mol. The van der Waals surface area contributed by atoms with Crippen molar-refractivity contribution < 1.29 is 5.11 Å². The fourth-order valence-electron chi connectivity index (χ4n) is 2.86. The van der Waals surface area contributed by atoms with E-state index < -0.39 is 0 Å². The van der Waals surface area contributed by atoms with Gasteiger partial charge in [0.2, 0.25) is 0 Å². The third-order valence-corrected chi connectivity index (χ3v) is 4.61. The summed E-state index contributed by atoms with van der Waals surface area (Å²) in [4.78, 5) is 0. The first kappa shape index (κ1) is 15.8. The first-order valence-corrected chi connectivity index (χ1v) is 7.98. The van der Waals surface area contributed by atoms with E-state index in [2.05, 4.69) is 31.3 Å². The van der Waals surface area contributed by atoms with Crippen molar-refractivity contribution in [2.45, 2.75) is 51.5 Å². The largest absolute Gasteiger partial charge is 0.396 e. The van der Waals surface area contributed by atoms with E-state index in [4.69, 9.17) is 16.7 Å². The second-order valence-electron chi connectivity index (χ2n) is 6.79. The zero-order valence-electron chi connectivity index (χ0n) is 12.5. The first-order valence-electron chi connectivity index (χ1n) is 7.60. The Morgan fingerprint density at radius 1 is 1.25 bits per heavy atom. The molecule has 2 nitrogen and oxygen atoms in total. The van der Waals surface area contributed by atoms with Gasteiger partial charge in [-0.15, -0.1) is 0 Å². The summed E-state index contributed by atoms with van der Waals surface area (Å²) < 4.78 is 0. The Balaban J connectivity index is 1.70. The van der Waals surface area contributed by atoms with E-state index in [1.54, 1.807) is 0 Å². The molecule has 1 aromatic rings. The van der Waals surface area contributed by atoms with Crippen molar-refractivity contribution in [3.63, 3.8) is 0 Å². The van der Waals surface area contributed by atoms with Crippen molar-refractivity contribution in [1.29, 1.82) is 0 Å². The van der Waals surface area contributed by atoms with E-state index in [1.807, 2.05) is 12.1 Å². The van der Waals surface area contributed by atoms with Gasteiger partial charge in [-0.2, -0.15) is 0 Å². The molecule has 1 fully saturated rings. The number of aliphatic hydroxyl groups excluding tert-OH is 1. The topological polar surface area (TPSA) is 32.3 Å². The van der Waals surface area contributed by atoms with Crippen LogP contribution >= 0.6 is 11.6 Å². The third kappa shape index (κ3) is 4.47. The van der Waals surface area contributed by atoms with Gasteiger partial charge in [0.05, 0.1) is 0 Å². The van der Waals surface area contributed by atoms with Crippen molar-refractivity contribution in [2.24, 2.45) is 5.41 Å². The van der Waals surface area contributed by atoms with Crippen molar-refractivity contribution in [1.82, 2.24) is 5.32 Å². The number of aliphatic hydroxyl groups is 1. The van der Waals surface area contributed by atoms with Gasteiger partial charge in [-0.05, 0) is 54.7 Å². The van der Waals surface area contributed by atoms with Crippen LogP contribution in [0.1, 0.15) is 51.0 Å². The van der Waals surface area contributed by atoms with Gasteiger partial charge >= 0.3 is 0 Å². The first-order chi connectivity index (χ1) is 9.50. The highest BCUT2D eigenvalue weighted by molar-refractivity contribution is 6.30. The summed E-state index contributed by atoms with van der Waals surface area (Å²) in [6.07, 6.45) is 4.41. The molecule has 20 heavy (non-hydrogen) atoms. The molecule has 0 aliphatic heterocycles. The van der Waals surface area contributed by atoms with Gasteiger partial charge in [-0.1, -0.05) is 37.6 Å². The molecule has 0 aromatic heterocycles. The van der Waals surface area contributed by atoms with Crippen LogP contribution in [0, 0.1) is 5.41 Å². The molecule has 1 saturated carbocycles. The van der Waals surface area contributed by atoms with Crippen LogP contribution < -0.4 is 5.32 Å². The molecule has 1 aliphatic carbocycles. The fourth-order valence-corrected chi connectivity index (χ4v) is 2.98. The van der Waals surface area contributed by atoms with E-state index in [0.29, 0.717) is 18.6 Å². The van der Waals surface area contributed by atoms with Gasteiger partial charge in [0.15, 0.2) is 0 Å². The van der Waals surface area contributed by atoms with Crippen LogP contribution in [0.2, 0.25) is 5.02 Å². The Hall–Kier alpha value is -0.570. The number of benzene rings is 1. The van der Waals surface area contributed by atoms with Gasteiger partial charge in [0.25, 0.3) is 0 Å². The zero-order chi connectivity index (χ0) is 14.6. The predicted molar refractivity (Wildman–Crippen MR) is 85.3 cm³/mol. The van der Waals surface area contributed by atoms with Gasteiger partial charge < -0.3 is 10.4 Å².